The fourth-order valence-electron chi connectivity index (χ4n) is 3.23. The molecule has 1 aliphatic heterocycles. The number of benzene rings is 2. The highest BCUT2D eigenvalue weighted by atomic mass is 79.9. The summed E-state index contributed by atoms with van der Waals surface area (Å²) in [6.45, 7) is 1.50. The summed E-state index contributed by atoms with van der Waals surface area (Å²) in [6.07, 6.45) is 2.85. The normalized spacial score (nSPS) is 17.8. The van der Waals surface area contributed by atoms with Gasteiger partial charge in [0.05, 0.1) is 29.0 Å². The average molecular weight is 370 g/mol. The molecular formula is C18H16BrN3O. The van der Waals surface area contributed by atoms with Crippen LogP contribution in [0.15, 0.2) is 59.3 Å². The average Bonchev–Trinajstić information content (AvgIpc) is 3.21. The quantitative estimate of drug-likeness (QED) is 0.687. The van der Waals surface area contributed by atoms with E-state index >= 15 is 0 Å². The van der Waals surface area contributed by atoms with E-state index in [1.165, 1.54) is 0 Å². The van der Waals surface area contributed by atoms with Crippen molar-refractivity contribution in [1.29, 1.82) is 0 Å². The van der Waals surface area contributed by atoms with Crippen molar-refractivity contribution in [3.63, 3.8) is 0 Å². The van der Waals surface area contributed by atoms with E-state index in [0.717, 1.165) is 40.6 Å². The third kappa shape index (κ3) is 2.55. The molecular weight excluding hydrogens is 354 g/mol. The first kappa shape index (κ1) is 14.5. The van der Waals surface area contributed by atoms with Gasteiger partial charge in [0.25, 0.3) is 5.91 Å². The summed E-state index contributed by atoms with van der Waals surface area (Å²) in [7, 11) is 0. The minimum Gasteiger partial charge on any atom is -0.336 e. The van der Waals surface area contributed by atoms with E-state index in [1.54, 1.807) is 0 Å². The molecule has 1 atom stereocenters. The second kappa shape index (κ2) is 5.81. The molecule has 0 radical (unpaired) electrons. The van der Waals surface area contributed by atoms with Crippen LogP contribution in [0.25, 0.3) is 11.0 Å². The van der Waals surface area contributed by atoms with Crippen LogP contribution in [0.1, 0.15) is 22.8 Å². The lowest BCUT2D eigenvalue weighted by atomic mass is 10.2. The van der Waals surface area contributed by atoms with Crippen molar-refractivity contribution in [1.82, 2.24) is 14.5 Å². The number of carbonyl (C=O) groups excluding carboxylic acids is 1. The Morgan fingerprint density at radius 1 is 1.13 bits per heavy atom. The Kier molecular flexibility index (Phi) is 3.65. The molecule has 0 saturated carbocycles. The predicted molar refractivity (Wildman–Crippen MR) is 93.4 cm³/mol. The zero-order valence-corrected chi connectivity index (χ0v) is 14.1. The number of fused-ring (bicyclic) bond motifs is 1. The van der Waals surface area contributed by atoms with Crippen molar-refractivity contribution in [3.05, 3.63) is 64.9 Å². The maximum absolute atomic E-state index is 12.7. The highest BCUT2D eigenvalue weighted by Gasteiger charge is 2.29. The Bertz CT molecular complexity index is 873. The maximum atomic E-state index is 12.7. The number of hydrogen-bond donors (Lipinski definition) is 0. The molecule has 1 aliphatic rings. The van der Waals surface area contributed by atoms with Gasteiger partial charge in [-0.3, -0.25) is 4.79 Å². The number of hydrogen-bond acceptors (Lipinski definition) is 2. The van der Waals surface area contributed by atoms with Gasteiger partial charge < -0.3 is 9.47 Å². The summed E-state index contributed by atoms with van der Waals surface area (Å²) >= 11 is 3.47. The minimum absolute atomic E-state index is 0.0874. The standard InChI is InChI=1S/C18H16BrN3O/c19-15-6-2-1-5-14(15)18(23)21-10-9-13(11-21)22-12-20-16-7-3-4-8-17(16)22/h1-8,12-13H,9-11H2/t13-/m1/s1. The summed E-state index contributed by atoms with van der Waals surface area (Å²) in [4.78, 5) is 19.1. The van der Waals surface area contributed by atoms with E-state index in [0.29, 0.717) is 0 Å². The second-order valence-electron chi connectivity index (χ2n) is 5.81. The molecule has 0 aliphatic carbocycles. The van der Waals surface area contributed by atoms with E-state index in [1.807, 2.05) is 53.7 Å². The van der Waals surface area contributed by atoms with Crippen LogP contribution in [0.4, 0.5) is 0 Å². The summed E-state index contributed by atoms with van der Waals surface area (Å²) in [5.74, 6) is 0.0874. The molecule has 23 heavy (non-hydrogen) atoms. The highest BCUT2D eigenvalue weighted by Crippen LogP contribution is 2.28. The molecule has 0 bridgehead atoms. The number of aromatic nitrogens is 2. The van der Waals surface area contributed by atoms with Crippen LogP contribution in [0.2, 0.25) is 0 Å². The number of nitrogens with zero attached hydrogens (tertiary/aromatic N) is 3. The van der Waals surface area contributed by atoms with Gasteiger partial charge in [-0.25, -0.2) is 4.98 Å². The lowest BCUT2D eigenvalue weighted by Gasteiger charge is -2.18. The number of para-hydroxylation sites is 2. The van der Waals surface area contributed by atoms with Crippen molar-refractivity contribution in [3.8, 4) is 0 Å². The molecule has 1 fully saturated rings. The van der Waals surface area contributed by atoms with Crippen LogP contribution in [-0.4, -0.2) is 33.4 Å². The Morgan fingerprint density at radius 3 is 2.78 bits per heavy atom. The summed E-state index contributed by atoms with van der Waals surface area (Å²) in [5.41, 5.74) is 2.86. The lowest BCUT2D eigenvalue weighted by Crippen LogP contribution is -2.29. The van der Waals surface area contributed by atoms with Crippen LogP contribution in [0.3, 0.4) is 0 Å². The van der Waals surface area contributed by atoms with Gasteiger partial charge >= 0.3 is 0 Å². The zero-order valence-electron chi connectivity index (χ0n) is 12.5. The summed E-state index contributed by atoms with van der Waals surface area (Å²) in [5, 5.41) is 0. The minimum atomic E-state index is 0.0874. The SMILES string of the molecule is O=C(c1ccccc1Br)N1CC[C@@H](n2cnc3ccccc32)C1. The number of carbonyl (C=O) groups is 1. The zero-order chi connectivity index (χ0) is 15.8. The highest BCUT2D eigenvalue weighted by molar-refractivity contribution is 9.10. The Morgan fingerprint density at radius 2 is 1.91 bits per heavy atom. The number of halogens is 1. The van der Waals surface area contributed by atoms with Crippen LogP contribution in [0.5, 0.6) is 0 Å². The first-order chi connectivity index (χ1) is 11.2. The summed E-state index contributed by atoms with van der Waals surface area (Å²) < 4.78 is 3.05. The molecule has 4 rings (SSSR count). The monoisotopic (exact) mass is 369 g/mol. The molecule has 2 heterocycles. The number of likely N-dealkylation sites (tertiary alicyclic amines) is 1. The molecule has 1 aromatic heterocycles. The van der Waals surface area contributed by atoms with Crippen molar-refractivity contribution in [2.75, 3.05) is 13.1 Å². The van der Waals surface area contributed by atoms with Crippen molar-refractivity contribution in [2.45, 2.75) is 12.5 Å². The third-order valence-electron chi connectivity index (χ3n) is 4.43. The molecule has 0 N–H and O–H groups in total. The number of amides is 1. The van der Waals surface area contributed by atoms with Crippen molar-refractivity contribution in [2.24, 2.45) is 0 Å². The number of rotatable bonds is 2. The van der Waals surface area contributed by atoms with Gasteiger partial charge in [0, 0.05) is 17.6 Å². The van der Waals surface area contributed by atoms with Crippen LogP contribution in [-0.2, 0) is 0 Å². The molecule has 3 aromatic rings. The molecule has 2 aromatic carbocycles. The van der Waals surface area contributed by atoms with Crippen molar-refractivity contribution >= 4 is 32.9 Å². The van der Waals surface area contributed by atoms with Crippen molar-refractivity contribution < 1.29 is 4.79 Å². The smallest absolute Gasteiger partial charge is 0.255 e. The molecule has 1 amide bonds. The van der Waals surface area contributed by atoms with Crippen LogP contribution in [0, 0.1) is 0 Å². The topological polar surface area (TPSA) is 38.1 Å². The Labute approximate surface area is 142 Å². The predicted octanol–water partition coefficient (Wildman–Crippen LogP) is 3.89. The van der Waals surface area contributed by atoms with Crippen LogP contribution < -0.4 is 0 Å². The molecule has 0 unspecified atom stereocenters. The van der Waals surface area contributed by atoms with Gasteiger partial charge in [-0.2, -0.15) is 0 Å². The van der Waals surface area contributed by atoms with Gasteiger partial charge in [-0.1, -0.05) is 24.3 Å². The van der Waals surface area contributed by atoms with E-state index < -0.39 is 0 Å². The molecule has 1 saturated heterocycles. The van der Waals surface area contributed by atoms with E-state index in [9.17, 15) is 4.79 Å². The summed E-state index contributed by atoms with van der Waals surface area (Å²) in [6, 6.07) is 16.0. The van der Waals surface area contributed by atoms with E-state index in [-0.39, 0.29) is 11.9 Å². The van der Waals surface area contributed by atoms with Gasteiger partial charge in [0.1, 0.15) is 0 Å². The second-order valence-corrected chi connectivity index (χ2v) is 6.67. The molecule has 5 heteroatoms. The van der Waals surface area contributed by atoms with Crippen LogP contribution >= 0.6 is 15.9 Å². The van der Waals surface area contributed by atoms with Gasteiger partial charge in [0.2, 0.25) is 0 Å². The Balaban J connectivity index is 1.58. The van der Waals surface area contributed by atoms with E-state index in [4.69, 9.17) is 0 Å². The first-order valence-corrected chi connectivity index (χ1v) is 8.49. The van der Waals surface area contributed by atoms with Gasteiger partial charge in [-0.05, 0) is 46.6 Å². The van der Waals surface area contributed by atoms with E-state index in [2.05, 4.69) is 31.5 Å². The fourth-order valence-corrected chi connectivity index (χ4v) is 3.68. The lowest BCUT2D eigenvalue weighted by molar-refractivity contribution is 0.0787. The van der Waals surface area contributed by atoms with Gasteiger partial charge in [-0.15, -0.1) is 0 Å². The van der Waals surface area contributed by atoms with Gasteiger partial charge in [0.15, 0.2) is 0 Å². The largest absolute Gasteiger partial charge is 0.336 e. The fraction of sp³-hybridized carbons (Fsp3) is 0.222. The Hall–Kier alpha value is -2.14. The molecule has 4 nitrogen and oxygen atoms in total. The number of imidazole rings is 1. The maximum Gasteiger partial charge on any atom is 0.255 e. The molecule has 116 valence electrons. The first-order valence-electron chi connectivity index (χ1n) is 7.69. The third-order valence-corrected chi connectivity index (χ3v) is 5.12. The molecule has 0 spiro atoms.